The van der Waals surface area contributed by atoms with Crippen LogP contribution in [0.3, 0.4) is 0 Å². The second-order valence-electron chi connectivity index (χ2n) is 10.2. The minimum absolute atomic E-state index is 0.00635. The van der Waals surface area contributed by atoms with E-state index in [4.69, 9.17) is 0 Å². The fraction of sp³-hybridized carbons (Fsp3) is 0.333. The summed E-state index contributed by atoms with van der Waals surface area (Å²) in [5.41, 5.74) is 3.08. The Bertz CT molecular complexity index is 1550. The summed E-state index contributed by atoms with van der Waals surface area (Å²) < 4.78 is 14.4. The SMILES string of the molecule is CNC(=O)c1c(F)cnc2c([C@H](C)CNc3cc(-c4ccc(NC5CCN(C(C)=O)CC5)nc4)ncn3)cccc12. The number of likely N-dealkylation sites (tertiary alicyclic amines) is 1. The number of amides is 2. The molecular formula is C30H33FN8O2. The Morgan fingerprint density at radius 1 is 1.05 bits per heavy atom. The van der Waals surface area contributed by atoms with Gasteiger partial charge in [0.15, 0.2) is 5.82 Å². The van der Waals surface area contributed by atoms with Crippen LogP contribution in [0.25, 0.3) is 22.2 Å². The number of halogens is 1. The molecule has 212 valence electrons. The number of nitrogens with zero attached hydrogens (tertiary/aromatic N) is 5. The number of nitrogens with one attached hydrogen (secondary N) is 3. The molecule has 11 heteroatoms. The molecule has 5 rings (SSSR count). The van der Waals surface area contributed by atoms with E-state index in [0.29, 0.717) is 23.3 Å². The molecule has 1 aliphatic rings. The summed E-state index contributed by atoms with van der Waals surface area (Å²) in [6.45, 7) is 5.70. The summed E-state index contributed by atoms with van der Waals surface area (Å²) in [4.78, 5) is 43.4. The van der Waals surface area contributed by atoms with Crippen molar-refractivity contribution < 1.29 is 14.0 Å². The molecule has 0 spiro atoms. The third kappa shape index (κ3) is 6.24. The normalized spacial score (nSPS) is 14.5. The molecule has 0 saturated carbocycles. The zero-order chi connectivity index (χ0) is 28.9. The van der Waals surface area contributed by atoms with Crippen molar-refractivity contribution in [2.24, 2.45) is 0 Å². The molecule has 1 saturated heterocycles. The van der Waals surface area contributed by atoms with Crippen LogP contribution in [0.4, 0.5) is 16.0 Å². The molecule has 41 heavy (non-hydrogen) atoms. The van der Waals surface area contributed by atoms with Crippen molar-refractivity contribution in [2.75, 3.05) is 37.3 Å². The summed E-state index contributed by atoms with van der Waals surface area (Å²) in [5.74, 6) is 0.423. The van der Waals surface area contributed by atoms with Gasteiger partial charge in [-0.2, -0.15) is 0 Å². The Morgan fingerprint density at radius 2 is 1.85 bits per heavy atom. The number of aromatic nitrogens is 4. The lowest BCUT2D eigenvalue weighted by atomic mass is 9.96. The van der Waals surface area contributed by atoms with Gasteiger partial charge >= 0.3 is 0 Å². The van der Waals surface area contributed by atoms with E-state index in [1.54, 1.807) is 19.2 Å². The molecule has 10 nitrogen and oxygen atoms in total. The first-order valence-electron chi connectivity index (χ1n) is 13.7. The van der Waals surface area contributed by atoms with E-state index < -0.39 is 11.7 Å². The van der Waals surface area contributed by atoms with Crippen molar-refractivity contribution in [3.63, 3.8) is 0 Å². The van der Waals surface area contributed by atoms with Gasteiger partial charge in [-0.3, -0.25) is 14.6 Å². The van der Waals surface area contributed by atoms with Gasteiger partial charge < -0.3 is 20.9 Å². The quantitative estimate of drug-likeness (QED) is 0.295. The molecule has 0 aliphatic carbocycles. The molecule has 4 aromatic rings. The number of carbonyl (C=O) groups excluding carboxylic acids is 2. The maximum atomic E-state index is 14.4. The zero-order valence-electron chi connectivity index (χ0n) is 23.3. The zero-order valence-corrected chi connectivity index (χ0v) is 23.3. The van der Waals surface area contributed by atoms with Crippen LogP contribution in [0.1, 0.15) is 48.5 Å². The predicted octanol–water partition coefficient (Wildman–Crippen LogP) is 4.22. The number of hydrogen-bond acceptors (Lipinski definition) is 8. The van der Waals surface area contributed by atoms with Gasteiger partial charge in [0.05, 0.1) is 23.0 Å². The van der Waals surface area contributed by atoms with E-state index in [9.17, 15) is 14.0 Å². The summed E-state index contributed by atoms with van der Waals surface area (Å²) in [7, 11) is 1.48. The lowest BCUT2D eigenvalue weighted by molar-refractivity contribution is -0.129. The smallest absolute Gasteiger partial charge is 0.254 e. The Kier molecular flexibility index (Phi) is 8.32. The number of rotatable bonds is 8. The van der Waals surface area contributed by atoms with E-state index >= 15 is 0 Å². The molecular weight excluding hydrogens is 523 g/mol. The van der Waals surface area contributed by atoms with Crippen LogP contribution in [0.5, 0.6) is 0 Å². The van der Waals surface area contributed by atoms with E-state index in [1.165, 1.54) is 13.4 Å². The lowest BCUT2D eigenvalue weighted by Gasteiger charge is -2.31. The minimum atomic E-state index is -0.651. The maximum absolute atomic E-state index is 14.4. The van der Waals surface area contributed by atoms with Crippen molar-refractivity contribution in [3.05, 3.63) is 72.1 Å². The predicted molar refractivity (Wildman–Crippen MR) is 156 cm³/mol. The Balaban J connectivity index is 1.24. The highest BCUT2D eigenvalue weighted by Crippen LogP contribution is 2.28. The molecule has 1 atom stereocenters. The second-order valence-corrected chi connectivity index (χ2v) is 10.2. The third-order valence-corrected chi connectivity index (χ3v) is 7.48. The average Bonchev–Trinajstić information content (AvgIpc) is 3.00. The number of pyridine rings is 2. The molecule has 0 bridgehead atoms. The van der Waals surface area contributed by atoms with Gasteiger partial charge in [0.1, 0.15) is 18.0 Å². The number of piperidine rings is 1. The van der Waals surface area contributed by atoms with Crippen LogP contribution < -0.4 is 16.0 Å². The fourth-order valence-corrected chi connectivity index (χ4v) is 5.13. The first-order valence-corrected chi connectivity index (χ1v) is 13.7. The van der Waals surface area contributed by atoms with Crippen LogP contribution in [0, 0.1) is 5.82 Å². The molecule has 4 heterocycles. The first kappa shape index (κ1) is 27.9. The lowest BCUT2D eigenvalue weighted by Crippen LogP contribution is -2.41. The third-order valence-electron chi connectivity index (χ3n) is 7.48. The second kappa shape index (κ2) is 12.2. The highest BCUT2D eigenvalue weighted by molar-refractivity contribution is 6.06. The molecule has 1 aromatic carbocycles. The summed E-state index contributed by atoms with van der Waals surface area (Å²) in [5, 5.41) is 9.80. The maximum Gasteiger partial charge on any atom is 0.254 e. The fourth-order valence-electron chi connectivity index (χ4n) is 5.13. The number of anilines is 2. The van der Waals surface area contributed by atoms with Crippen LogP contribution >= 0.6 is 0 Å². The highest BCUT2D eigenvalue weighted by Gasteiger charge is 2.21. The van der Waals surface area contributed by atoms with Crippen LogP contribution in [-0.2, 0) is 4.79 Å². The minimum Gasteiger partial charge on any atom is -0.369 e. The molecule has 0 radical (unpaired) electrons. The van der Waals surface area contributed by atoms with Gasteiger partial charge in [-0.1, -0.05) is 25.1 Å². The van der Waals surface area contributed by atoms with Crippen molar-refractivity contribution in [1.82, 2.24) is 30.2 Å². The standard InChI is InChI=1S/C30H33FN8O2/c1-18(22-5-4-6-23-28(30(41)32-3)24(31)16-35-29(22)23)14-33-27-13-25(36-17-37-27)20-7-8-26(34-15-20)38-21-9-11-39(12-10-21)19(2)40/h4-8,13,15-18,21H,9-12,14H2,1-3H3,(H,32,41)(H,34,38)(H,33,36,37)/t18-/m1/s1. The largest absolute Gasteiger partial charge is 0.369 e. The van der Waals surface area contributed by atoms with Crippen molar-refractivity contribution in [2.45, 2.75) is 38.6 Å². The van der Waals surface area contributed by atoms with Crippen molar-refractivity contribution in [1.29, 1.82) is 0 Å². The summed E-state index contributed by atoms with van der Waals surface area (Å²) in [6.07, 6.45) is 6.17. The summed E-state index contributed by atoms with van der Waals surface area (Å²) >= 11 is 0. The van der Waals surface area contributed by atoms with Crippen molar-refractivity contribution in [3.8, 4) is 11.3 Å². The Morgan fingerprint density at radius 3 is 2.56 bits per heavy atom. The molecule has 3 N–H and O–H groups in total. The molecule has 1 fully saturated rings. The number of para-hydroxylation sites is 1. The molecule has 1 aliphatic heterocycles. The monoisotopic (exact) mass is 556 g/mol. The van der Waals surface area contributed by atoms with E-state index in [2.05, 4.69) is 35.9 Å². The molecule has 2 amide bonds. The first-order chi connectivity index (χ1) is 19.8. The van der Waals surface area contributed by atoms with E-state index in [0.717, 1.165) is 54.8 Å². The van der Waals surface area contributed by atoms with Gasteiger partial charge in [0.25, 0.3) is 5.91 Å². The Hall–Kier alpha value is -4.67. The number of carbonyl (C=O) groups is 2. The average molecular weight is 557 g/mol. The van der Waals surface area contributed by atoms with Gasteiger partial charge in [-0.15, -0.1) is 0 Å². The highest BCUT2D eigenvalue weighted by atomic mass is 19.1. The molecule has 3 aromatic heterocycles. The van der Waals surface area contributed by atoms with E-state index in [-0.39, 0.29) is 23.4 Å². The molecule has 0 unspecified atom stereocenters. The van der Waals surface area contributed by atoms with Gasteiger partial charge in [-0.05, 0) is 30.5 Å². The van der Waals surface area contributed by atoms with E-state index in [1.807, 2.05) is 42.2 Å². The Labute approximate surface area is 237 Å². The van der Waals surface area contributed by atoms with Crippen LogP contribution in [0.2, 0.25) is 0 Å². The number of hydrogen-bond donors (Lipinski definition) is 3. The topological polar surface area (TPSA) is 125 Å². The van der Waals surface area contributed by atoms with Gasteiger partial charge in [-0.25, -0.2) is 19.3 Å². The van der Waals surface area contributed by atoms with Crippen LogP contribution in [-0.4, -0.2) is 69.4 Å². The van der Waals surface area contributed by atoms with Crippen molar-refractivity contribution >= 4 is 34.4 Å². The summed E-state index contributed by atoms with van der Waals surface area (Å²) in [6, 6.07) is 11.5. The number of benzene rings is 1. The van der Waals surface area contributed by atoms with Crippen LogP contribution in [0.15, 0.2) is 55.1 Å². The number of fused-ring (bicyclic) bond motifs is 1. The van der Waals surface area contributed by atoms with Gasteiger partial charge in [0.2, 0.25) is 5.91 Å². The van der Waals surface area contributed by atoms with Gasteiger partial charge in [0, 0.05) is 68.8 Å².